The summed E-state index contributed by atoms with van der Waals surface area (Å²) in [4.78, 5) is 3.98. The summed E-state index contributed by atoms with van der Waals surface area (Å²) in [7, 11) is 0. The molecule has 74 valence electrons. The molecule has 0 unspecified atom stereocenters. The van der Waals surface area contributed by atoms with Gasteiger partial charge in [-0.15, -0.1) is 0 Å². The number of hydrogen-bond acceptors (Lipinski definition) is 4. The van der Waals surface area contributed by atoms with E-state index in [0.717, 1.165) is 5.56 Å². The average Bonchev–Trinajstić information content (AvgIpc) is 2.67. The highest BCUT2D eigenvalue weighted by molar-refractivity contribution is 5.21. The minimum atomic E-state index is -0.785. The van der Waals surface area contributed by atoms with Gasteiger partial charge >= 0.3 is 0 Å². The fourth-order valence-corrected chi connectivity index (χ4v) is 1.33. The van der Waals surface area contributed by atoms with Gasteiger partial charge in [-0.25, -0.2) is 0 Å². The molecule has 0 atom stereocenters. The Labute approximate surface area is 81.8 Å². The number of ether oxygens (including phenoxy) is 2. The second-order valence-corrected chi connectivity index (χ2v) is 3.15. The maximum atomic E-state index is 8.93. The van der Waals surface area contributed by atoms with Crippen molar-refractivity contribution in [3.8, 4) is 0 Å². The number of aliphatic hydroxyl groups is 1. The van der Waals surface area contributed by atoms with E-state index in [0.29, 0.717) is 5.69 Å². The monoisotopic (exact) mass is 193 g/mol. The van der Waals surface area contributed by atoms with E-state index in [-0.39, 0.29) is 6.61 Å². The molecule has 0 amide bonds. The lowest BCUT2D eigenvalue weighted by atomic mass is 10.1. The smallest absolute Gasteiger partial charge is 0.274 e. The highest BCUT2D eigenvalue weighted by Gasteiger charge is 2.32. The van der Waals surface area contributed by atoms with Crippen LogP contribution < -0.4 is 0 Å². The summed E-state index contributed by atoms with van der Waals surface area (Å²) < 4.78 is 10.6. The van der Waals surface area contributed by atoms with E-state index >= 15 is 0 Å². The van der Waals surface area contributed by atoms with Crippen LogP contribution in [0.2, 0.25) is 0 Å². The molecule has 1 N–H and O–H groups in total. The molecule has 1 aromatic rings. The fourth-order valence-electron chi connectivity index (χ4n) is 1.33. The first-order valence-corrected chi connectivity index (χ1v) is 4.31. The molecule has 0 spiro atoms. The van der Waals surface area contributed by atoms with Crippen molar-refractivity contribution in [3.05, 3.63) is 42.1 Å². The first-order valence-electron chi connectivity index (χ1n) is 4.31. The number of aromatic nitrogens is 1. The molecule has 0 bridgehead atoms. The van der Waals surface area contributed by atoms with Gasteiger partial charge in [0.15, 0.2) is 0 Å². The Morgan fingerprint density at radius 2 is 2.14 bits per heavy atom. The van der Waals surface area contributed by atoms with Gasteiger partial charge in [-0.2, -0.15) is 0 Å². The van der Waals surface area contributed by atoms with Gasteiger partial charge < -0.3 is 14.6 Å². The molecule has 2 heterocycles. The third-order valence-corrected chi connectivity index (χ3v) is 2.14. The van der Waals surface area contributed by atoms with Crippen LogP contribution in [0.3, 0.4) is 0 Å². The standard InChI is InChI=1S/C10H11NO3/c1-10(13-4-5-14-10)8-2-3-11-9(6-8)7-12/h2-6,12H,7H2,1H3. The van der Waals surface area contributed by atoms with E-state index in [9.17, 15) is 0 Å². The molecule has 0 aliphatic carbocycles. The second kappa shape index (κ2) is 3.31. The topological polar surface area (TPSA) is 51.6 Å². The molecule has 0 radical (unpaired) electrons. The molecule has 4 heteroatoms. The van der Waals surface area contributed by atoms with Crippen molar-refractivity contribution >= 4 is 0 Å². The maximum Gasteiger partial charge on any atom is 0.274 e. The van der Waals surface area contributed by atoms with Gasteiger partial charge in [-0.05, 0) is 12.1 Å². The molecule has 2 rings (SSSR count). The lowest BCUT2D eigenvalue weighted by molar-refractivity contribution is -0.133. The van der Waals surface area contributed by atoms with Crippen LogP contribution in [0.4, 0.5) is 0 Å². The summed E-state index contributed by atoms with van der Waals surface area (Å²) in [5.74, 6) is -0.785. The van der Waals surface area contributed by atoms with Crippen molar-refractivity contribution in [2.75, 3.05) is 0 Å². The molecule has 14 heavy (non-hydrogen) atoms. The van der Waals surface area contributed by atoms with Crippen molar-refractivity contribution in [2.45, 2.75) is 19.3 Å². The summed E-state index contributed by atoms with van der Waals surface area (Å²) in [6, 6.07) is 3.55. The molecule has 1 aliphatic rings. The van der Waals surface area contributed by atoms with Crippen LogP contribution in [-0.2, 0) is 21.9 Å². The minimum absolute atomic E-state index is 0.0860. The molecular formula is C10H11NO3. The summed E-state index contributed by atoms with van der Waals surface area (Å²) in [5, 5.41) is 8.93. The van der Waals surface area contributed by atoms with Crippen LogP contribution in [0.25, 0.3) is 0 Å². The molecule has 0 saturated carbocycles. The van der Waals surface area contributed by atoms with E-state index in [1.54, 1.807) is 18.3 Å². The van der Waals surface area contributed by atoms with Gasteiger partial charge in [-0.3, -0.25) is 4.98 Å². The van der Waals surface area contributed by atoms with Gasteiger partial charge in [0, 0.05) is 18.7 Å². The van der Waals surface area contributed by atoms with Crippen molar-refractivity contribution in [3.63, 3.8) is 0 Å². The lowest BCUT2D eigenvalue weighted by Gasteiger charge is -2.23. The largest absolute Gasteiger partial charge is 0.453 e. The minimum Gasteiger partial charge on any atom is -0.453 e. The first kappa shape index (κ1) is 9.02. The van der Waals surface area contributed by atoms with Crippen LogP contribution in [0.15, 0.2) is 30.9 Å². The quantitative estimate of drug-likeness (QED) is 0.768. The average molecular weight is 193 g/mol. The highest BCUT2D eigenvalue weighted by Crippen LogP contribution is 2.31. The summed E-state index contributed by atoms with van der Waals surface area (Å²) >= 11 is 0. The Balaban J connectivity index is 2.31. The van der Waals surface area contributed by atoms with E-state index in [4.69, 9.17) is 14.6 Å². The van der Waals surface area contributed by atoms with E-state index in [1.807, 2.05) is 6.92 Å². The van der Waals surface area contributed by atoms with E-state index in [2.05, 4.69) is 4.98 Å². The zero-order chi connectivity index (χ0) is 10.0. The van der Waals surface area contributed by atoms with Crippen LogP contribution in [0.5, 0.6) is 0 Å². The fraction of sp³-hybridized carbons (Fsp3) is 0.300. The van der Waals surface area contributed by atoms with Gasteiger partial charge in [-0.1, -0.05) is 0 Å². The van der Waals surface area contributed by atoms with Gasteiger partial charge in [0.2, 0.25) is 0 Å². The third kappa shape index (κ3) is 1.44. The molecule has 1 aliphatic heterocycles. The molecule has 0 aromatic carbocycles. The Bertz CT molecular complexity index is 354. The predicted molar refractivity (Wildman–Crippen MR) is 48.8 cm³/mol. The first-order chi connectivity index (χ1) is 6.74. The SMILES string of the molecule is CC1(c2ccnc(CO)c2)OC=CO1. The van der Waals surface area contributed by atoms with E-state index in [1.165, 1.54) is 12.5 Å². The molecule has 0 fully saturated rings. The third-order valence-electron chi connectivity index (χ3n) is 2.14. The van der Waals surface area contributed by atoms with Crippen LogP contribution in [0.1, 0.15) is 18.2 Å². The Hall–Kier alpha value is -1.55. The predicted octanol–water partition coefficient (Wildman–Crippen LogP) is 1.26. The van der Waals surface area contributed by atoms with Gasteiger partial charge in [0.1, 0.15) is 12.5 Å². The Morgan fingerprint density at radius 1 is 1.43 bits per heavy atom. The molecular weight excluding hydrogens is 182 g/mol. The number of aliphatic hydroxyl groups excluding tert-OH is 1. The zero-order valence-corrected chi connectivity index (χ0v) is 7.80. The number of rotatable bonds is 2. The molecule has 4 nitrogen and oxygen atoms in total. The van der Waals surface area contributed by atoms with Gasteiger partial charge in [0.05, 0.1) is 12.3 Å². The van der Waals surface area contributed by atoms with Crippen molar-refractivity contribution in [1.29, 1.82) is 0 Å². The van der Waals surface area contributed by atoms with Crippen LogP contribution in [0, 0.1) is 0 Å². The summed E-state index contributed by atoms with van der Waals surface area (Å²) in [6.45, 7) is 1.72. The van der Waals surface area contributed by atoms with Crippen LogP contribution in [-0.4, -0.2) is 10.1 Å². The maximum absolute atomic E-state index is 8.93. The lowest BCUT2D eigenvalue weighted by Crippen LogP contribution is -2.22. The van der Waals surface area contributed by atoms with Crippen molar-refractivity contribution < 1.29 is 14.6 Å². The normalized spacial score (nSPS) is 17.6. The molecule has 0 saturated heterocycles. The summed E-state index contributed by atoms with van der Waals surface area (Å²) in [5.41, 5.74) is 1.43. The number of hydrogen-bond donors (Lipinski definition) is 1. The molecule has 1 aromatic heterocycles. The van der Waals surface area contributed by atoms with Crippen molar-refractivity contribution in [1.82, 2.24) is 4.98 Å². The Kier molecular flexibility index (Phi) is 2.13. The Morgan fingerprint density at radius 3 is 2.79 bits per heavy atom. The summed E-state index contributed by atoms with van der Waals surface area (Å²) in [6.07, 6.45) is 4.62. The number of pyridine rings is 1. The highest BCUT2D eigenvalue weighted by atomic mass is 16.7. The zero-order valence-electron chi connectivity index (χ0n) is 7.80. The van der Waals surface area contributed by atoms with Gasteiger partial charge in [0.25, 0.3) is 5.79 Å². The van der Waals surface area contributed by atoms with E-state index < -0.39 is 5.79 Å². The van der Waals surface area contributed by atoms with Crippen LogP contribution >= 0.6 is 0 Å². The van der Waals surface area contributed by atoms with Crippen molar-refractivity contribution in [2.24, 2.45) is 0 Å². The number of nitrogens with zero attached hydrogens (tertiary/aromatic N) is 1. The second-order valence-electron chi connectivity index (χ2n) is 3.15.